The SMILES string of the molecule is Cc1nc(CCC(=O)N2CCCCC2CCc2ccc(O)cc2)n[nH]1. The van der Waals surface area contributed by atoms with Gasteiger partial charge in [0, 0.05) is 25.4 Å². The number of aromatic nitrogens is 3. The summed E-state index contributed by atoms with van der Waals surface area (Å²) in [6, 6.07) is 7.66. The zero-order valence-electron chi connectivity index (χ0n) is 14.7. The number of likely N-dealkylation sites (tertiary alicyclic amines) is 1. The Morgan fingerprint density at radius 1 is 1.28 bits per heavy atom. The van der Waals surface area contributed by atoms with E-state index in [2.05, 4.69) is 20.1 Å². The van der Waals surface area contributed by atoms with Crippen LogP contribution in [0.4, 0.5) is 0 Å². The number of aryl methyl sites for hydroxylation is 3. The molecule has 1 aliphatic heterocycles. The molecule has 1 unspecified atom stereocenters. The van der Waals surface area contributed by atoms with Crippen LogP contribution in [0.25, 0.3) is 0 Å². The lowest BCUT2D eigenvalue weighted by atomic mass is 9.95. The van der Waals surface area contributed by atoms with Crippen molar-refractivity contribution in [1.82, 2.24) is 20.1 Å². The van der Waals surface area contributed by atoms with Crippen molar-refractivity contribution in [3.05, 3.63) is 41.5 Å². The standard InChI is InChI=1S/C19H26N4O2/c1-14-20-18(22-21-14)11-12-19(25)23-13-3-2-4-16(23)8-5-15-6-9-17(24)10-7-15/h6-7,9-10,16,24H,2-5,8,11-13H2,1H3,(H,20,21,22). The number of hydrogen-bond donors (Lipinski definition) is 2. The summed E-state index contributed by atoms with van der Waals surface area (Å²) in [4.78, 5) is 19.0. The Bertz CT molecular complexity index is 696. The predicted molar refractivity (Wildman–Crippen MR) is 95.2 cm³/mol. The number of phenols is 1. The number of H-pyrrole nitrogens is 1. The molecule has 0 radical (unpaired) electrons. The third-order valence-electron chi connectivity index (χ3n) is 4.86. The second kappa shape index (κ2) is 8.14. The Hall–Kier alpha value is -2.37. The van der Waals surface area contributed by atoms with Gasteiger partial charge < -0.3 is 10.0 Å². The zero-order chi connectivity index (χ0) is 17.6. The Morgan fingerprint density at radius 2 is 2.08 bits per heavy atom. The van der Waals surface area contributed by atoms with Crippen LogP contribution in [-0.4, -0.2) is 43.7 Å². The number of rotatable bonds is 6. The predicted octanol–water partition coefficient (Wildman–Crippen LogP) is 2.77. The number of nitrogens with one attached hydrogen (secondary N) is 1. The molecular weight excluding hydrogens is 316 g/mol. The molecule has 0 spiro atoms. The first-order valence-electron chi connectivity index (χ1n) is 9.07. The smallest absolute Gasteiger partial charge is 0.223 e. The molecule has 3 rings (SSSR count). The fraction of sp³-hybridized carbons (Fsp3) is 0.526. The van der Waals surface area contributed by atoms with Crippen molar-refractivity contribution >= 4 is 5.91 Å². The summed E-state index contributed by atoms with van der Waals surface area (Å²) in [5.41, 5.74) is 1.20. The van der Waals surface area contributed by atoms with Crippen LogP contribution in [0, 0.1) is 6.92 Å². The zero-order valence-corrected chi connectivity index (χ0v) is 14.7. The molecule has 1 aromatic heterocycles. The quantitative estimate of drug-likeness (QED) is 0.846. The van der Waals surface area contributed by atoms with Crippen LogP contribution in [0.5, 0.6) is 5.75 Å². The number of benzene rings is 1. The van der Waals surface area contributed by atoms with Crippen molar-refractivity contribution in [2.45, 2.75) is 57.9 Å². The largest absolute Gasteiger partial charge is 0.508 e. The van der Waals surface area contributed by atoms with Crippen LogP contribution in [0.3, 0.4) is 0 Å². The highest BCUT2D eigenvalue weighted by Crippen LogP contribution is 2.23. The molecule has 1 fully saturated rings. The fourth-order valence-electron chi connectivity index (χ4n) is 3.49. The van der Waals surface area contributed by atoms with E-state index < -0.39 is 0 Å². The Labute approximate surface area is 148 Å². The molecule has 1 atom stereocenters. The van der Waals surface area contributed by atoms with Crippen molar-refractivity contribution in [2.75, 3.05) is 6.54 Å². The highest BCUT2D eigenvalue weighted by atomic mass is 16.3. The summed E-state index contributed by atoms with van der Waals surface area (Å²) >= 11 is 0. The van der Waals surface area contributed by atoms with Gasteiger partial charge in [0.2, 0.25) is 5.91 Å². The molecule has 25 heavy (non-hydrogen) atoms. The molecule has 0 bridgehead atoms. The van der Waals surface area contributed by atoms with Crippen molar-refractivity contribution in [1.29, 1.82) is 0 Å². The second-order valence-corrected chi connectivity index (χ2v) is 6.78. The highest BCUT2D eigenvalue weighted by Gasteiger charge is 2.26. The Morgan fingerprint density at radius 3 is 2.80 bits per heavy atom. The summed E-state index contributed by atoms with van der Waals surface area (Å²) in [6.45, 7) is 2.72. The van der Waals surface area contributed by atoms with Crippen LogP contribution >= 0.6 is 0 Å². The van der Waals surface area contributed by atoms with E-state index in [0.717, 1.165) is 38.1 Å². The van der Waals surface area contributed by atoms with E-state index in [-0.39, 0.29) is 5.91 Å². The van der Waals surface area contributed by atoms with E-state index in [1.165, 1.54) is 12.0 Å². The molecule has 2 N–H and O–H groups in total. The van der Waals surface area contributed by atoms with Crippen LogP contribution in [0.1, 0.15) is 49.3 Å². The van der Waals surface area contributed by atoms with Crippen LogP contribution in [0.2, 0.25) is 0 Å². The van der Waals surface area contributed by atoms with Gasteiger partial charge in [-0.2, -0.15) is 5.10 Å². The number of aromatic amines is 1. The third-order valence-corrected chi connectivity index (χ3v) is 4.86. The summed E-state index contributed by atoms with van der Waals surface area (Å²) in [6.07, 6.45) is 6.29. The number of piperidine rings is 1. The highest BCUT2D eigenvalue weighted by molar-refractivity contribution is 5.76. The van der Waals surface area contributed by atoms with Crippen molar-refractivity contribution < 1.29 is 9.90 Å². The van der Waals surface area contributed by atoms with Crippen LogP contribution < -0.4 is 0 Å². The molecule has 0 saturated carbocycles. The van der Waals surface area contributed by atoms with E-state index in [1.54, 1.807) is 12.1 Å². The van der Waals surface area contributed by atoms with E-state index in [1.807, 2.05) is 19.1 Å². The Balaban J connectivity index is 1.54. The first-order chi connectivity index (χ1) is 12.1. The van der Waals surface area contributed by atoms with Crippen molar-refractivity contribution in [3.63, 3.8) is 0 Å². The maximum absolute atomic E-state index is 12.7. The van der Waals surface area contributed by atoms with Crippen molar-refractivity contribution in [3.8, 4) is 5.75 Å². The molecule has 1 saturated heterocycles. The fourth-order valence-corrected chi connectivity index (χ4v) is 3.49. The average molecular weight is 342 g/mol. The summed E-state index contributed by atoms with van der Waals surface area (Å²) in [5.74, 6) is 1.99. The van der Waals surface area contributed by atoms with Gasteiger partial charge in [0.1, 0.15) is 11.6 Å². The number of nitrogens with zero attached hydrogens (tertiary/aromatic N) is 3. The molecule has 1 aromatic carbocycles. The van der Waals surface area contributed by atoms with Gasteiger partial charge in [-0.25, -0.2) is 4.98 Å². The summed E-state index contributed by atoms with van der Waals surface area (Å²) in [5, 5.41) is 16.3. The molecule has 6 heteroatoms. The van der Waals surface area contributed by atoms with Gasteiger partial charge in [-0.15, -0.1) is 0 Å². The summed E-state index contributed by atoms with van der Waals surface area (Å²) in [7, 11) is 0. The van der Waals surface area contributed by atoms with E-state index >= 15 is 0 Å². The van der Waals surface area contributed by atoms with E-state index in [9.17, 15) is 9.90 Å². The number of aromatic hydroxyl groups is 1. The first-order valence-corrected chi connectivity index (χ1v) is 9.07. The van der Waals surface area contributed by atoms with Gasteiger partial charge >= 0.3 is 0 Å². The summed E-state index contributed by atoms with van der Waals surface area (Å²) < 4.78 is 0. The number of carbonyl (C=O) groups is 1. The molecular formula is C19H26N4O2. The number of hydrogen-bond acceptors (Lipinski definition) is 4. The van der Waals surface area contributed by atoms with Gasteiger partial charge in [-0.05, 0) is 56.7 Å². The molecule has 134 valence electrons. The van der Waals surface area contributed by atoms with Gasteiger partial charge in [0.25, 0.3) is 0 Å². The minimum absolute atomic E-state index is 0.206. The number of phenolic OH excluding ortho intramolecular Hbond substituents is 1. The first kappa shape index (κ1) is 17.5. The molecule has 1 aliphatic rings. The number of carbonyl (C=O) groups excluding carboxylic acids is 1. The lowest BCUT2D eigenvalue weighted by molar-refractivity contribution is -0.135. The molecule has 1 amide bonds. The van der Waals surface area contributed by atoms with E-state index in [0.29, 0.717) is 30.5 Å². The van der Waals surface area contributed by atoms with Gasteiger partial charge in [0.05, 0.1) is 0 Å². The molecule has 0 aliphatic carbocycles. The minimum Gasteiger partial charge on any atom is -0.508 e. The topological polar surface area (TPSA) is 82.1 Å². The Kier molecular flexibility index (Phi) is 5.68. The maximum Gasteiger partial charge on any atom is 0.223 e. The lowest BCUT2D eigenvalue weighted by Crippen LogP contribution is -2.44. The molecule has 2 heterocycles. The third kappa shape index (κ3) is 4.81. The maximum atomic E-state index is 12.7. The second-order valence-electron chi connectivity index (χ2n) is 6.78. The molecule has 2 aromatic rings. The minimum atomic E-state index is 0.206. The van der Waals surface area contributed by atoms with Crippen LogP contribution in [-0.2, 0) is 17.6 Å². The van der Waals surface area contributed by atoms with Gasteiger partial charge in [-0.3, -0.25) is 9.89 Å². The molecule has 6 nitrogen and oxygen atoms in total. The lowest BCUT2D eigenvalue weighted by Gasteiger charge is -2.36. The normalized spacial score (nSPS) is 17.6. The van der Waals surface area contributed by atoms with Gasteiger partial charge in [0.15, 0.2) is 5.82 Å². The average Bonchev–Trinajstić information content (AvgIpc) is 3.05. The van der Waals surface area contributed by atoms with Crippen LogP contribution in [0.15, 0.2) is 24.3 Å². The van der Waals surface area contributed by atoms with Crippen molar-refractivity contribution in [2.24, 2.45) is 0 Å². The monoisotopic (exact) mass is 342 g/mol. The van der Waals surface area contributed by atoms with Gasteiger partial charge in [-0.1, -0.05) is 12.1 Å². The van der Waals surface area contributed by atoms with E-state index in [4.69, 9.17) is 0 Å². The number of amides is 1.